The number of anilines is 1. The first-order valence-corrected chi connectivity index (χ1v) is 4.46. The zero-order valence-corrected chi connectivity index (χ0v) is 8.43. The van der Waals surface area contributed by atoms with Crippen molar-refractivity contribution in [3.05, 3.63) is 11.2 Å². The van der Waals surface area contributed by atoms with E-state index in [4.69, 9.17) is 16.3 Å². The van der Waals surface area contributed by atoms with Crippen LogP contribution < -0.4 is 10.1 Å². The Morgan fingerprint density at radius 1 is 1.62 bits per heavy atom. The molecule has 4 nitrogen and oxygen atoms in total. The van der Waals surface area contributed by atoms with Gasteiger partial charge in [-0.3, -0.25) is 0 Å². The third-order valence-electron chi connectivity index (χ3n) is 1.44. The van der Waals surface area contributed by atoms with Crippen LogP contribution in [0.4, 0.5) is 5.95 Å². The fraction of sp³-hybridized carbons (Fsp3) is 0.500. The molecule has 1 aromatic heterocycles. The average Bonchev–Trinajstić information content (AvgIpc) is 2.16. The first-order chi connectivity index (χ1) is 6.27. The molecule has 0 saturated heterocycles. The van der Waals surface area contributed by atoms with E-state index in [1.54, 1.807) is 0 Å². The molecule has 0 radical (unpaired) electrons. The summed E-state index contributed by atoms with van der Waals surface area (Å²) in [5.41, 5.74) is 0. The Balaban J connectivity index is 2.74. The number of nitrogens with one attached hydrogen (secondary N) is 1. The van der Waals surface area contributed by atoms with E-state index >= 15 is 0 Å². The van der Waals surface area contributed by atoms with Gasteiger partial charge in [0, 0.05) is 6.54 Å². The van der Waals surface area contributed by atoms with Gasteiger partial charge in [0.25, 0.3) is 0 Å². The molecule has 0 atom stereocenters. The molecular formula is C8H12ClN3O. The molecule has 13 heavy (non-hydrogen) atoms. The Hall–Kier alpha value is -1.03. The molecule has 0 saturated carbocycles. The lowest BCUT2D eigenvalue weighted by molar-refractivity contribution is 0.397. The van der Waals surface area contributed by atoms with Crippen LogP contribution in [0.2, 0.25) is 5.02 Å². The topological polar surface area (TPSA) is 47.0 Å². The Bertz CT molecular complexity index is 280. The molecule has 1 rings (SSSR count). The SMILES string of the molecule is CCCNc1ncc(Cl)c(OC)n1. The lowest BCUT2D eigenvalue weighted by Gasteiger charge is -2.05. The molecule has 0 amide bonds. The van der Waals surface area contributed by atoms with Crippen LogP contribution in [0.1, 0.15) is 13.3 Å². The van der Waals surface area contributed by atoms with Crippen LogP contribution in [0.15, 0.2) is 6.20 Å². The third kappa shape index (κ3) is 2.73. The molecule has 0 aliphatic rings. The highest BCUT2D eigenvalue weighted by molar-refractivity contribution is 6.31. The van der Waals surface area contributed by atoms with Crippen LogP contribution in [0.25, 0.3) is 0 Å². The van der Waals surface area contributed by atoms with Gasteiger partial charge < -0.3 is 10.1 Å². The number of aromatic nitrogens is 2. The van der Waals surface area contributed by atoms with E-state index < -0.39 is 0 Å². The minimum absolute atomic E-state index is 0.398. The van der Waals surface area contributed by atoms with Gasteiger partial charge in [-0.2, -0.15) is 4.98 Å². The van der Waals surface area contributed by atoms with Crippen molar-refractivity contribution in [1.82, 2.24) is 9.97 Å². The van der Waals surface area contributed by atoms with Gasteiger partial charge in [0.15, 0.2) is 0 Å². The fourth-order valence-corrected chi connectivity index (χ4v) is 0.985. The van der Waals surface area contributed by atoms with E-state index in [1.807, 2.05) is 0 Å². The molecule has 0 spiro atoms. The molecule has 72 valence electrons. The van der Waals surface area contributed by atoms with Gasteiger partial charge in [0.2, 0.25) is 11.8 Å². The molecule has 1 aromatic rings. The van der Waals surface area contributed by atoms with Crippen LogP contribution >= 0.6 is 11.6 Å². The third-order valence-corrected chi connectivity index (χ3v) is 1.70. The number of nitrogens with zero attached hydrogens (tertiary/aromatic N) is 2. The van der Waals surface area contributed by atoms with Crippen molar-refractivity contribution in [2.45, 2.75) is 13.3 Å². The Morgan fingerprint density at radius 3 is 3.00 bits per heavy atom. The summed E-state index contributed by atoms with van der Waals surface area (Å²) < 4.78 is 4.94. The summed E-state index contributed by atoms with van der Waals surface area (Å²) in [6.07, 6.45) is 2.54. The first-order valence-electron chi connectivity index (χ1n) is 4.08. The van der Waals surface area contributed by atoms with E-state index in [2.05, 4.69) is 22.2 Å². The van der Waals surface area contributed by atoms with E-state index in [0.29, 0.717) is 16.9 Å². The van der Waals surface area contributed by atoms with Gasteiger partial charge in [0.05, 0.1) is 13.3 Å². The summed E-state index contributed by atoms with van der Waals surface area (Å²) in [5.74, 6) is 0.943. The average molecular weight is 202 g/mol. The van der Waals surface area contributed by atoms with Crippen molar-refractivity contribution in [3.8, 4) is 5.88 Å². The van der Waals surface area contributed by atoms with Crippen molar-refractivity contribution in [3.63, 3.8) is 0 Å². The highest BCUT2D eigenvalue weighted by atomic mass is 35.5. The van der Waals surface area contributed by atoms with Gasteiger partial charge in [-0.25, -0.2) is 4.98 Å². The predicted molar refractivity (Wildman–Crippen MR) is 52.4 cm³/mol. The maximum Gasteiger partial charge on any atom is 0.237 e. The molecule has 0 aliphatic heterocycles. The second-order valence-electron chi connectivity index (χ2n) is 2.48. The molecular weight excluding hydrogens is 190 g/mol. The van der Waals surface area contributed by atoms with Crippen LogP contribution in [-0.4, -0.2) is 23.6 Å². The van der Waals surface area contributed by atoms with Crippen LogP contribution in [0.5, 0.6) is 5.88 Å². The zero-order valence-electron chi connectivity index (χ0n) is 7.67. The van der Waals surface area contributed by atoms with Gasteiger partial charge in [0.1, 0.15) is 5.02 Å². The Kier molecular flexibility index (Phi) is 3.76. The second-order valence-corrected chi connectivity index (χ2v) is 2.88. The van der Waals surface area contributed by atoms with Gasteiger partial charge in [-0.05, 0) is 6.42 Å². The predicted octanol–water partition coefficient (Wildman–Crippen LogP) is 1.96. The summed E-state index contributed by atoms with van der Waals surface area (Å²) in [7, 11) is 1.53. The lowest BCUT2D eigenvalue weighted by Crippen LogP contribution is -2.04. The van der Waals surface area contributed by atoms with Gasteiger partial charge >= 0.3 is 0 Å². The van der Waals surface area contributed by atoms with Crippen LogP contribution in [-0.2, 0) is 0 Å². The standard InChI is InChI=1S/C8H12ClN3O/c1-3-4-10-8-11-5-6(9)7(12-8)13-2/h5H,3-4H2,1-2H3,(H,10,11,12). The molecule has 1 N–H and O–H groups in total. The molecule has 0 aromatic carbocycles. The van der Waals surface area contributed by atoms with Crippen molar-refractivity contribution in [2.24, 2.45) is 0 Å². The Labute approximate surface area is 82.3 Å². The van der Waals surface area contributed by atoms with E-state index in [9.17, 15) is 0 Å². The number of rotatable bonds is 4. The van der Waals surface area contributed by atoms with Crippen LogP contribution in [0.3, 0.4) is 0 Å². The van der Waals surface area contributed by atoms with Crippen LogP contribution in [0, 0.1) is 0 Å². The van der Waals surface area contributed by atoms with Crippen molar-refractivity contribution < 1.29 is 4.74 Å². The number of hydrogen-bond donors (Lipinski definition) is 1. The number of methoxy groups -OCH3 is 1. The molecule has 0 unspecified atom stereocenters. The molecule has 1 heterocycles. The van der Waals surface area contributed by atoms with Gasteiger partial charge in [-0.15, -0.1) is 0 Å². The maximum absolute atomic E-state index is 5.75. The normalized spacial score (nSPS) is 9.77. The number of hydrogen-bond acceptors (Lipinski definition) is 4. The number of halogens is 1. The monoisotopic (exact) mass is 201 g/mol. The maximum atomic E-state index is 5.75. The second kappa shape index (κ2) is 4.87. The van der Waals surface area contributed by atoms with E-state index in [1.165, 1.54) is 13.3 Å². The summed E-state index contributed by atoms with van der Waals surface area (Å²) in [6.45, 7) is 2.91. The summed E-state index contributed by atoms with van der Waals surface area (Å²) in [5, 5.41) is 3.46. The van der Waals surface area contributed by atoms with Crippen molar-refractivity contribution >= 4 is 17.5 Å². The molecule has 5 heteroatoms. The van der Waals surface area contributed by atoms with Crippen molar-refractivity contribution in [1.29, 1.82) is 0 Å². The lowest BCUT2D eigenvalue weighted by atomic mass is 10.5. The fourth-order valence-electron chi connectivity index (χ4n) is 0.817. The van der Waals surface area contributed by atoms with Crippen molar-refractivity contribution in [2.75, 3.05) is 19.0 Å². The number of ether oxygens (including phenoxy) is 1. The summed E-state index contributed by atoms with van der Waals surface area (Å²) >= 11 is 5.75. The highest BCUT2D eigenvalue weighted by Crippen LogP contribution is 2.20. The molecule has 0 fully saturated rings. The zero-order chi connectivity index (χ0) is 9.68. The van der Waals surface area contributed by atoms with Gasteiger partial charge in [-0.1, -0.05) is 18.5 Å². The largest absolute Gasteiger partial charge is 0.480 e. The van der Waals surface area contributed by atoms with E-state index in [0.717, 1.165) is 13.0 Å². The smallest absolute Gasteiger partial charge is 0.237 e. The highest BCUT2D eigenvalue weighted by Gasteiger charge is 2.03. The van der Waals surface area contributed by atoms with E-state index in [-0.39, 0.29) is 0 Å². The Morgan fingerprint density at radius 2 is 2.38 bits per heavy atom. The summed E-state index contributed by atoms with van der Waals surface area (Å²) in [6, 6.07) is 0. The minimum atomic E-state index is 0.398. The summed E-state index contributed by atoms with van der Waals surface area (Å²) in [4.78, 5) is 8.04. The quantitative estimate of drug-likeness (QED) is 0.809. The first kappa shape index (κ1) is 10.1. The minimum Gasteiger partial charge on any atom is -0.480 e. The molecule has 0 aliphatic carbocycles. The molecule has 0 bridgehead atoms.